The highest BCUT2D eigenvalue weighted by atomic mass is 32.2. The van der Waals surface area contributed by atoms with E-state index in [2.05, 4.69) is 6.07 Å². The molecular formula is C24H19NO4S. The number of hydrogen-bond acceptors (Lipinski definition) is 5. The third kappa shape index (κ3) is 3.73. The Hall–Kier alpha value is -3.40. The molecule has 0 aliphatic carbocycles. The normalized spacial score (nSPS) is 11.5. The van der Waals surface area contributed by atoms with Crippen molar-refractivity contribution in [3.05, 3.63) is 77.9 Å². The molecule has 0 fully saturated rings. The zero-order valence-corrected chi connectivity index (χ0v) is 17.4. The van der Waals surface area contributed by atoms with E-state index in [0.29, 0.717) is 22.5 Å². The molecule has 150 valence electrons. The number of hydrogen-bond donors (Lipinski definition) is 0. The molecule has 3 aromatic carbocycles. The Morgan fingerprint density at radius 3 is 2.40 bits per heavy atom. The number of nitriles is 1. The van der Waals surface area contributed by atoms with E-state index in [1.54, 1.807) is 37.3 Å². The predicted octanol–water partition coefficient (Wildman–Crippen LogP) is 5.67. The molecule has 5 nitrogen and oxygen atoms in total. The first-order chi connectivity index (χ1) is 14.4. The van der Waals surface area contributed by atoms with Gasteiger partial charge in [-0.2, -0.15) is 13.7 Å². The average Bonchev–Trinajstić information content (AvgIpc) is 3.17. The fraction of sp³-hybridized carbons (Fsp3) is 0.125. The molecule has 0 amide bonds. The van der Waals surface area contributed by atoms with E-state index in [4.69, 9.17) is 13.9 Å². The molecule has 0 unspecified atom stereocenters. The van der Waals surface area contributed by atoms with E-state index in [-0.39, 0.29) is 11.5 Å². The molecule has 4 rings (SSSR count). The summed E-state index contributed by atoms with van der Waals surface area (Å²) in [5.74, 6) is 0.462. The number of furan rings is 1. The van der Waals surface area contributed by atoms with Gasteiger partial charge in [-0.3, -0.25) is 4.18 Å². The van der Waals surface area contributed by atoms with Gasteiger partial charge in [0.25, 0.3) is 10.1 Å². The van der Waals surface area contributed by atoms with E-state index in [1.165, 1.54) is 0 Å². The minimum Gasteiger partial charge on any atom is -0.456 e. The second kappa shape index (κ2) is 7.79. The van der Waals surface area contributed by atoms with Crippen molar-refractivity contribution in [1.29, 1.82) is 5.26 Å². The fourth-order valence-electron chi connectivity index (χ4n) is 3.37. The van der Waals surface area contributed by atoms with Crippen molar-refractivity contribution < 1.29 is 17.0 Å². The Bertz CT molecular complexity index is 1380. The molecule has 0 radical (unpaired) electrons. The van der Waals surface area contributed by atoms with E-state index in [0.717, 1.165) is 22.1 Å². The lowest BCUT2D eigenvalue weighted by Crippen LogP contribution is -2.07. The highest BCUT2D eigenvalue weighted by Crippen LogP contribution is 2.35. The molecule has 0 bridgehead atoms. The topological polar surface area (TPSA) is 80.3 Å². The SMILES string of the molecule is CCOS(=O)(=O)c1ccc(C)cc1-c1cc2cc(-c3ccc(C#N)cc3)ccc2o1. The first-order valence-corrected chi connectivity index (χ1v) is 10.9. The van der Waals surface area contributed by atoms with Gasteiger partial charge in [0.2, 0.25) is 0 Å². The Kier molecular flexibility index (Phi) is 5.17. The van der Waals surface area contributed by atoms with Crippen LogP contribution < -0.4 is 0 Å². The van der Waals surface area contributed by atoms with E-state index < -0.39 is 10.1 Å². The van der Waals surface area contributed by atoms with Gasteiger partial charge in [-0.05, 0) is 67.4 Å². The van der Waals surface area contributed by atoms with Crippen molar-refractivity contribution >= 4 is 21.1 Å². The molecule has 0 saturated heterocycles. The Morgan fingerprint density at radius 1 is 0.967 bits per heavy atom. The van der Waals surface area contributed by atoms with Crippen LogP contribution >= 0.6 is 0 Å². The molecule has 0 atom stereocenters. The van der Waals surface area contributed by atoms with Gasteiger partial charge >= 0.3 is 0 Å². The minimum absolute atomic E-state index is 0.0593. The molecule has 1 heterocycles. The molecule has 30 heavy (non-hydrogen) atoms. The molecule has 0 aliphatic heterocycles. The van der Waals surface area contributed by atoms with Crippen LogP contribution in [0.15, 0.2) is 76.0 Å². The van der Waals surface area contributed by atoms with Crippen LogP contribution in [0.4, 0.5) is 0 Å². The molecule has 0 aliphatic rings. The standard InChI is InChI=1S/C24H19NO4S/c1-3-28-30(26,27)24-11-4-16(2)12-21(24)23-14-20-13-19(9-10-22(20)29-23)18-7-5-17(15-25)6-8-18/h4-14H,3H2,1-2H3. The third-order valence-electron chi connectivity index (χ3n) is 4.81. The third-order valence-corrected chi connectivity index (χ3v) is 6.25. The van der Waals surface area contributed by atoms with Crippen LogP contribution in [0.5, 0.6) is 0 Å². The van der Waals surface area contributed by atoms with Crippen molar-refractivity contribution in [2.24, 2.45) is 0 Å². The van der Waals surface area contributed by atoms with Crippen molar-refractivity contribution in [3.8, 4) is 28.5 Å². The second-order valence-corrected chi connectivity index (χ2v) is 8.50. The fourth-order valence-corrected chi connectivity index (χ4v) is 4.47. The van der Waals surface area contributed by atoms with E-state index >= 15 is 0 Å². The predicted molar refractivity (Wildman–Crippen MR) is 115 cm³/mol. The van der Waals surface area contributed by atoms with Crippen molar-refractivity contribution in [3.63, 3.8) is 0 Å². The zero-order chi connectivity index (χ0) is 21.3. The molecule has 4 aromatic rings. The minimum atomic E-state index is -3.89. The maximum absolute atomic E-state index is 12.6. The lowest BCUT2D eigenvalue weighted by molar-refractivity contribution is 0.338. The number of aryl methyl sites for hydroxylation is 1. The van der Waals surface area contributed by atoms with Crippen LogP contribution in [0.2, 0.25) is 0 Å². The molecule has 0 saturated carbocycles. The smallest absolute Gasteiger partial charge is 0.297 e. The van der Waals surface area contributed by atoms with Gasteiger partial charge in [0, 0.05) is 10.9 Å². The number of rotatable bonds is 5. The summed E-state index contributed by atoms with van der Waals surface area (Å²) in [5.41, 5.74) is 4.61. The first kappa shape index (κ1) is 19.9. The van der Waals surface area contributed by atoms with Crippen molar-refractivity contribution in [2.75, 3.05) is 6.61 Å². The monoisotopic (exact) mass is 417 g/mol. The maximum Gasteiger partial charge on any atom is 0.297 e. The zero-order valence-electron chi connectivity index (χ0n) is 16.5. The largest absolute Gasteiger partial charge is 0.456 e. The van der Waals surface area contributed by atoms with Crippen LogP contribution in [0.25, 0.3) is 33.4 Å². The second-order valence-electron chi connectivity index (χ2n) is 6.91. The van der Waals surface area contributed by atoms with Gasteiger partial charge in [0.1, 0.15) is 16.2 Å². The average molecular weight is 417 g/mol. The van der Waals surface area contributed by atoms with Crippen LogP contribution in [-0.2, 0) is 14.3 Å². The summed E-state index contributed by atoms with van der Waals surface area (Å²) >= 11 is 0. The van der Waals surface area contributed by atoms with Gasteiger partial charge in [-0.25, -0.2) is 0 Å². The molecule has 6 heteroatoms. The molecule has 0 N–H and O–H groups in total. The first-order valence-electron chi connectivity index (χ1n) is 9.46. The quantitative estimate of drug-likeness (QED) is 0.391. The lowest BCUT2D eigenvalue weighted by atomic mass is 10.0. The van der Waals surface area contributed by atoms with Crippen LogP contribution in [0.1, 0.15) is 18.1 Å². The maximum atomic E-state index is 12.6. The number of nitrogens with zero attached hydrogens (tertiary/aromatic N) is 1. The van der Waals surface area contributed by atoms with E-state index in [1.807, 2.05) is 43.3 Å². The van der Waals surface area contributed by atoms with Crippen molar-refractivity contribution in [1.82, 2.24) is 0 Å². The number of fused-ring (bicyclic) bond motifs is 1. The van der Waals surface area contributed by atoms with Crippen LogP contribution in [-0.4, -0.2) is 15.0 Å². The molecular weight excluding hydrogens is 398 g/mol. The van der Waals surface area contributed by atoms with Crippen LogP contribution in [0.3, 0.4) is 0 Å². The number of benzene rings is 3. The van der Waals surface area contributed by atoms with E-state index in [9.17, 15) is 8.42 Å². The highest BCUT2D eigenvalue weighted by molar-refractivity contribution is 7.87. The van der Waals surface area contributed by atoms with Gasteiger partial charge in [-0.1, -0.05) is 29.8 Å². The van der Waals surface area contributed by atoms with Gasteiger partial charge in [0.15, 0.2) is 0 Å². The summed E-state index contributed by atoms with van der Waals surface area (Å²) in [7, 11) is -3.89. The molecule has 0 spiro atoms. The summed E-state index contributed by atoms with van der Waals surface area (Å²) in [6, 6.07) is 22.1. The Morgan fingerprint density at radius 2 is 1.70 bits per heavy atom. The Balaban J connectivity index is 1.81. The molecule has 1 aromatic heterocycles. The Labute approximate surface area is 175 Å². The summed E-state index contributed by atoms with van der Waals surface area (Å²) in [6.45, 7) is 3.59. The summed E-state index contributed by atoms with van der Waals surface area (Å²) in [5, 5.41) is 9.82. The van der Waals surface area contributed by atoms with Gasteiger partial charge in [0.05, 0.1) is 18.2 Å². The highest BCUT2D eigenvalue weighted by Gasteiger charge is 2.22. The summed E-state index contributed by atoms with van der Waals surface area (Å²) < 4.78 is 36.1. The lowest BCUT2D eigenvalue weighted by Gasteiger charge is -2.09. The summed E-state index contributed by atoms with van der Waals surface area (Å²) in [4.78, 5) is 0.0846. The van der Waals surface area contributed by atoms with Gasteiger partial charge in [-0.15, -0.1) is 0 Å². The summed E-state index contributed by atoms with van der Waals surface area (Å²) in [6.07, 6.45) is 0. The van der Waals surface area contributed by atoms with Crippen molar-refractivity contribution in [2.45, 2.75) is 18.7 Å². The van der Waals surface area contributed by atoms with Gasteiger partial charge < -0.3 is 4.42 Å². The van der Waals surface area contributed by atoms with Crippen LogP contribution in [0, 0.1) is 18.3 Å².